The van der Waals surface area contributed by atoms with Crippen LogP contribution in [0, 0.1) is 11.3 Å². The first kappa shape index (κ1) is 13.1. The molecule has 0 saturated carbocycles. The average Bonchev–Trinajstić information content (AvgIpc) is 2.13. The van der Waals surface area contributed by atoms with Crippen LogP contribution in [-0.4, -0.2) is 28.7 Å². The minimum Gasteiger partial charge on any atom is -0.392 e. The molecule has 0 aromatic heterocycles. The highest BCUT2D eigenvalue weighted by atomic mass is 16.3. The SMILES string of the molecule is CC(O)/C=C/[C@H]1C(CO)=CC(=O)CC1(C)C. The lowest BCUT2D eigenvalue weighted by molar-refractivity contribution is -0.117. The van der Waals surface area contributed by atoms with Gasteiger partial charge in [0.1, 0.15) is 0 Å². The van der Waals surface area contributed by atoms with Crippen LogP contribution in [0.25, 0.3) is 0 Å². The largest absolute Gasteiger partial charge is 0.392 e. The Morgan fingerprint density at radius 2 is 2.25 bits per heavy atom. The Bertz CT molecular complexity index is 324. The Kier molecular flexibility index (Phi) is 4.05. The summed E-state index contributed by atoms with van der Waals surface area (Å²) in [6.07, 6.45) is 5.09. The maximum atomic E-state index is 11.5. The van der Waals surface area contributed by atoms with Gasteiger partial charge in [-0.25, -0.2) is 0 Å². The van der Waals surface area contributed by atoms with Crippen LogP contribution in [-0.2, 0) is 4.79 Å². The molecule has 0 spiro atoms. The molecule has 0 heterocycles. The topological polar surface area (TPSA) is 57.5 Å². The fourth-order valence-corrected chi connectivity index (χ4v) is 2.21. The third-order valence-electron chi connectivity index (χ3n) is 2.98. The molecule has 1 unspecified atom stereocenters. The van der Waals surface area contributed by atoms with Gasteiger partial charge in [-0.05, 0) is 24.0 Å². The molecule has 90 valence electrons. The summed E-state index contributed by atoms with van der Waals surface area (Å²) in [5.41, 5.74) is 0.535. The maximum Gasteiger partial charge on any atom is 0.156 e. The Labute approximate surface area is 96.5 Å². The van der Waals surface area contributed by atoms with Crippen molar-refractivity contribution >= 4 is 5.78 Å². The minimum atomic E-state index is -0.506. The second kappa shape index (κ2) is 4.93. The van der Waals surface area contributed by atoms with Crippen LogP contribution in [0.15, 0.2) is 23.8 Å². The van der Waals surface area contributed by atoms with Gasteiger partial charge in [-0.15, -0.1) is 0 Å². The van der Waals surface area contributed by atoms with Crippen molar-refractivity contribution in [1.29, 1.82) is 0 Å². The smallest absolute Gasteiger partial charge is 0.156 e. The van der Waals surface area contributed by atoms with Crippen LogP contribution in [0.5, 0.6) is 0 Å². The van der Waals surface area contributed by atoms with Gasteiger partial charge in [0.2, 0.25) is 0 Å². The van der Waals surface area contributed by atoms with E-state index in [-0.39, 0.29) is 23.7 Å². The standard InChI is InChI=1S/C13H20O3/c1-9(15)4-5-12-10(8-14)6-11(16)7-13(12,2)3/h4-6,9,12,14-15H,7-8H2,1-3H3/b5-4+/t9?,12-/m0/s1. The molecule has 16 heavy (non-hydrogen) atoms. The van der Waals surface area contributed by atoms with E-state index in [4.69, 9.17) is 0 Å². The summed E-state index contributed by atoms with van der Waals surface area (Å²) in [6.45, 7) is 5.58. The van der Waals surface area contributed by atoms with E-state index in [1.54, 1.807) is 13.0 Å². The van der Waals surface area contributed by atoms with Crippen LogP contribution < -0.4 is 0 Å². The van der Waals surface area contributed by atoms with Gasteiger partial charge in [-0.3, -0.25) is 4.79 Å². The second-order valence-corrected chi connectivity index (χ2v) is 5.11. The molecule has 1 aliphatic carbocycles. The Morgan fingerprint density at radius 3 is 2.75 bits per heavy atom. The summed E-state index contributed by atoms with van der Waals surface area (Å²) in [7, 11) is 0. The van der Waals surface area contributed by atoms with Gasteiger partial charge in [0.15, 0.2) is 5.78 Å². The van der Waals surface area contributed by atoms with E-state index in [9.17, 15) is 15.0 Å². The Balaban J connectivity index is 3.00. The lowest BCUT2D eigenvalue weighted by Crippen LogP contribution is -2.32. The van der Waals surface area contributed by atoms with Crippen molar-refractivity contribution in [1.82, 2.24) is 0 Å². The van der Waals surface area contributed by atoms with E-state index in [1.807, 2.05) is 19.9 Å². The molecule has 0 bridgehead atoms. The Morgan fingerprint density at radius 1 is 1.62 bits per heavy atom. The minimum absolute atomic E-state index is 0.0183. The number of ketones is 1. The summed E-state index contributed by atoms with van der Waals surface area (Å²) in [4.78, 5) is 11.5. The molecule has 2 N–H and O–H groups in total. The van der Waals surface area contributed by atoms with Gasteiger partial charge in [0, 0.05) is 12.3 Å². The normalized spacial score (nSPS) is 26.9. The summed E-state index contributed by atoms with van der Waals surface area (Å²) < 4.78 is 0. The van der Waals surface area contributed by atoms with Gasteiger partial charge in [0.05, 0.1) is 12.7 Å². The van der Waals surface area contributed by atoms with Crippen molar-refractivity contribution in [2.24, 2.45) is 11.3 Å². The zero-order valence-electron chi connectivity index (χ0n) is 10.1. The summed E-state index contributed by atoms with van der Waals surface area (Å²) in [5.74, 6) is 0.0838. The van der Waals surface area contributed by atoms with Crippen molar-refractivity contribution in [3.8, 4) is 0 Å². The van der Waals surface area contributed by atoms with Gasteiger partial charge in [-0.1, -0.05) is 26.0 Å². The highest BCUT2D eigenvalue weighted by Gasteiger charge is 2.35. The number of aliphatic hydroxyl groups excluding tert-OH is 2. The number of rotatable bonds is 3. The molecule has 1 rings (SSSR count). The molecule has 2 atom stereocenters. The van der Waals surface area contributed by atoms with E-state index < -0.39 is 6.10 Å². The number of aliphatic hydroxyl groups is 2. The lowest BCUT2D eigenvalue weighted by Gasteiger charge is -2.36. The van der Waals surface area contributed by atoms with E-state index in [1.165, 1.54) is 6.08 Å². The number of carbonyl (C=O) groups excluding carboxylic acids is 1. The molecule has 0 saturated heterocycles. The molecule has 0 aromatic rings. The summed E-state index contributed by atoms with van der Waals surface area (Å²) in [5, 5.41) is 18.5. The van der Waals surface area contributed by atoms with Crippen LogP contribution in [0.2, 0.25) is 0 Å². The molecule has 0 aliphatic heterocycles. The van der Waals surface area contributed by atoms with Crippen LogP contribution in [0.4, 0.5) is 0 Å². The first-order valence-electron chi connectivity index (χ1n) is 5.57. The summed E-state index contributed by atoms with van der Waals surface area (Å²) in [6, 6.07) is 0. The molecular weight excluding hydrogens is 204 g/mol. The highest BCUT2D eigenvalue weighted by molar-refractivity contribution is 5.92. The van der Waals surface area contributed by atoms with Crippen molar-refractivity contribution in [2.75, 3.05) is 6.61 Å². The molecule has 1 aliphatic rings. The van der Waals surface area contributed by atoms with E-state index >= 15 is 0 Å². The van der Waals surface area contributed by atoms with Crippen molar-refractivity contribution < 1.29 is 15.0 Å². The lowest BCUT2D eigenvalue weighted by atomic mass is 9.68. The fraction of sp³-hybridized carbons (Fsp3) is 0.615. The summed E-state index contributed by atoms with van der Waals surface area (Å²) >= 11 is 0. The van der Waals surface area contributed by atoms with Crippen molar-refractivity contribution in [3.63, 3.8) is 0 Å². The molecule has 0 aromatic carbocycles. The monoisotopic (exact) mass is 224 g/mol. The van der Waals surface area contributed by atoms with Crippen molar-refractivity contribution in [2.45, 2.75) is 33.3 Å². The van der Waals surface area contributed by atoms with E-state index in [0.29, 0.717) is 6.42 Å². The average molecular weight is 224 g/mol. The zero-order chi connectivity index (χ0) is 12.3. The highest BCUT2D eigenvalue weighted by Crippen LogP contribution is 2.40. The second-order valence-electron chi connectivity index (χ2n) is 5.11. The predicted molar refractivity (Wildman–Crippen MR) is 62.9 cm³/mol. The zero-order valence-corrected chi connectivity index (χ0v) is 10.1. The van der Waals surface area contributed by atoms with Crippen LogP contribution >= 0.6 is 0 Å². The number of hydrogen-bond acceptors (Lipinski definition) is 3. The molecule has 3 nitrogen and oxygen atoms in total. The van der Waals surface area contributed by atoms with Gasteiger partial charge < -0.3 is 10.2 Å². The van der Waals surface area contributed by atoms with E-state index in [0.717, 1.165) is 5.57 Å². The molecule has 0 fully saturated rings. The van der Waals surface area contributed by atoms with Crippen LogP contribution in [0.1, 0.15) is 27.2 Å². The van der Waals surface area contributed by atoms with Gasteiger partial charge >= 0.3 is 0 Å². The first-order valence-corrected chi connectivity index (χ1v) is 5.57. The number of allylic oxidation sites excluding steroid dienone is 2. The molecule has 0 amide bonds. The predicted octanol–water partition coefficient (Wildman–Crippen LogP) is 1.46. The van der Waals surface area contributed by atoms with Crippen LogP contribution in [0.3, 0.4) is 0 Å². The number of carbonyl (C=O) groups is 1. The third kappa shape index (κ3) is 3.03. The quantitative estimate of drug-likeness (QED) is 0.713. The molecule has 3 heteroatoms. The van der Waals surface area contributed by atoms with Crippen molar-refractivity contribution in [3.05, 3.63) is 23.8 Å². The molecular formula is C13H20O3. The van der Waals surface area contributed by atoms with Gasteiger partial charge in [0.25, 0.3) is 0 Å². The maximum absolute atomic E-state index is 11.5. The first-order chi connectivity index (χ1) is 7.36. The third-order valence-corrected chi connectivity index (χ3v) is 2.98. The molecule has 0 radical (unpaired) electrons. The van der Waals surface area contributed by atoms with E-state index in [2.05, 4.69) is 0 Å². The fourth-order valence-electron chi connectivity index (χ4n) is 2.21. The Hall–Kier alpha value is -0.930. The van der Waals surface area contributed by atoms with Gasteiger partial charge in [-0.2, -0.15) is 0 Å². The number of hydrogen-bond donors (Lipinski definition) is 2.